The number of benzene rings is 2. The number of likely N-dealkylation sites (tertiary alicyclic amines) is 1. The second-order valence-corrected chi connectivity index (χ2v) is 8.45. The van der Waals surface area contributed by atoms with Gasteiger partial charge in [-0.25, -0.2) is 0 Å². The number of rotatable bonds is 9. The van der Waals surface area contributed by atoms with Crippen molar-refractivity contribution in [2.45, 2.75) is 51.7 Å². The van der Waals surface area contributed by atoms with Gasteiger partial charge in [-0.1, -0.05) is 47.1 Å². The minimum absolute atomic E-state index is 0.00727. The number of nitrogens with zero attached hydrogens (tertiary/aromatic N) is 2. The number of hydrogen-bond acceptors (Lipinski definition) is 5. The highest BCUT2D eigenvalue weighted by atomic mass is 16.5. The van der Waals surface area contributed by atoms with E-state index in [9.17, 15) is 9.59 Å². The van der Waals surface area contributed by atoms with Gasteiger partial charge in [-0.15, -0.1) is 0 Å². The van der Waals surface area contributed by atoms with Crippen molar-refractivity contribution in [3.8, 4) is 5.75 Å². The van der Waals surface area contributed by atoms with Gasteiger partial charge in [0.2, 0.25) is 5.91 Å². The summed E-state index contributed by atoms with van der Waals surface area (Å²) in [5.41, 5.74) is 3.95. The van der Waals surface area contributed by atoms with Gasteiger partial charge in [-0.05, 0) is 43.0 Å². The molecule has 1 saturated heterocycles. The number of carbonyl (C=O) groups is 2. The van der Waals surface area contributed by atoms with E-state index in [1.165, 1.54) is 5.56 Å². The van der Waals surface area contributed by atoms with Crippen LogP contribution in [0.2, 0.25) is 0 Å². The molecule has 1 unspecified atom stereocenters. The molecular weight excluding hydrogens is 420 g/mol. The van der Waals surface area contributed by atoms with Crippen molar-refractivity contribution in [2.24, 2.45) is 0 Å². The standard InChI is InChI=1S/C26H28N2O5/c1-18-4-6-20(7-5-18)17-32-21-10-8-19(9-11-21)15-25(29)28-14-2-3-24(28)23-16-22(33-27-23)12-13-26(30)31/h4-11,16,24H,2-3,12-15,17H2,1H3,(H,30,31). The van der Waals surface area contributed by atoms with E-state index < -0.39 is 5.97 Å². The molecule has 1 aliphatic heterocycles. The molecule has 7 heteroatoms. The van der Waals surface area contributed by atoms with Crippen LogP contribution in [0.25, 0.3) is 0 Å². The van der Waals surface area contributed by atoms with Gasteiger partial charge in [0.1, 0.15) is 23.8 Å². The van der Waals surface area contributed by atoms with Crippen molar-refractivity contribution in [1.82, 2.24) is 10.1 Å². The van der Waals surface area contributed by atoms with Crippen LogP contribution < -0.4 is 4.74 Å². The second-order valence-electron chi connectivity index (χ2n) is 8.45. The molecule has 33 heavy (non-hydrogen) atoms. The highest BCUT2D eigenvalue weighted by Gasteiger charge is 2.32. The summed E-state index contributed by atoms with van der Waals surface area (Å²) in [4.78, 5) is 25.6. The van der Waals surface area contributed by atoms with E-state index in [1.807, 2.05) is 29.2 Å². The van der Waals surface area contributed by atoms with Gasteiger partial charge >= 0.3 is 5.97 Å². The molecule has 4 rings (SSSR count). The number of ether oxygens (including phenoxy) is 1. The van der Waals surface area contributed by atoms with E-state index >= 15 is 0 Å². The predicted octanol–water partition coefficient (Wildman–Crippen LogP) is 4.49. The predicted molar refractivity (Wildman–Crippen MR) is 122 cm³/mol. The van der Waals surface area contributed by atoms with Crippen LogP contribution in [0.4, 0.5) is 0 Å². The Balaban J connectivity index is 1.32. The number of hydrogen-bond donors (Lipinski definition) is 1. The van der Waals surface area contributed by atoms with Crippen molar-refractivity contribution in [3.05, 3.63) is 82.7 Å². The van der Waals surface area contributed by atoms with Gasteiger partial charge in [0, 0.05) is 19.0 Å². The Labute approximate surface area is 193 Å². The lowest BCUT2D eigenvalue weighted by Gasteiger charge is -2.23. The third-order valence-corrected chi connectivity index (χ3v) is 5.88. The maximum absolute atomic E-state index is 13.0. The van der Waals surface area contributed by atoms with E-state index in [1.54, 1.807) is 6.07 Å². The summed E-state index contributed by atoms with van der Waals surface area (Å²) in [6, 6.07) is 17.5. The first kappa shape index (κ1) is 22.6. The molecule has 1 fully saturated rings. The minimum Gasteiger partial charge on any atom is -0.489 e. The maximum atomic E-state index is 13.0. The first-order valence-corrected chi connectivity index (χ1v) is 11.2. The molecule has 1 N–H and O–H groups in total. The molecule has 0 aliphatic carbocycles. The zero-order valence-corrected chi connectivity index (χ0v) is 18.7. The fourth-order valence-electron chi connectivity index (χ4n) is 4.04. The van der Waals surface area contributed by atoms with Gasteiger partial charge < -0.3 is 19.3 Å². The van der Waals surface area contributed by atoms with E-state index in [4.69, 9.17) is 14.4 Å². The number of amides is 1. The summed E-state index contributed by atoms with van der Waals surface area (Å²) < 4.78 is 11.1. The van der Waals surface area contributed by atoms with Crippen LogP contribution in [0.1, 0.15) is 53.4 Å². The summed E-state index contributed by atoms with van der Waals surface area (Å²) >= 11 is 0. The Morgan fingerprint density at radius 2 is 1.85 bits per heavy atom. The van der Waals surface area contributed by atoms with Gasteiger partial charge in [-0.2, -0.15) is 0 Å². The van der Waals surface area contributed by atoms with E-state index in [0.29, 0.717) is 37.4 Å². The fourth-order valence-corrected chi connectivity index (χ4v) is 4.04. The molecule has 1 amide bonds. The fraction of sp³-hybridized carbons (Fsp3) is 0.346. The molecule has 2 aromatic carbocycles. The topological polar surface area (TPSA) is 92.9 Å². The van der Waals surface area contributed by atoms with E-state index in [0.717, 1.165) is 29.7 Å². The summed E-state index contributed by atoms with van der Waals surface area (Å²) in [6.45, 7) is 3.24. The van der Waals surface area contributed by atoms with Crippen molar-refractivity contribution < 1.29 is 24.0 Å². The van der Waals surface area contributed by atoms with Crippen molar-refractivity contribution in [1.29, 1.82) is 0 Å². The smallest absolute Gasteiger partial charge is 0.303 e. The van der Waals surface area contributed by atoms with Crippen LogP contribution >= 0.6 is 0 Å². The number of carboxylic acid groups (broad SMARTS) is 1. The first-order valence-electron chi connectivity index (χ1n) is 11.2. The SMILES string of the molecule is Cc1ccc(COc2ccc(CC(=O)N3CCCC3c3cc(CCC(=O)O)on3)cc2)cc1. The Morgan fingerprint density at radius 3 is 2.58 bits per heavy atom. The van der Waals surface area contributed by atoms with Crippen molar-refractivity contribution in [3.63, 3.8) is 0 Å². The third kappa shape index (κ3) is 6.00. The van der Waals surface area contributed by atoms with Crippen LogP contribution in [-0.2, 0) is 29.0 Å². The summed E-state index contributed by atoms with van der Waals surface area (Å²) in [7, 11) is 0. The number of carboxylic acids is 1. The van der Waals surface area contributed by atoms with Crippen LogP contribution in [-0.4, -0.2) is 33.6 Å². The average Bonchev–Trinajstić information content (AvgIpc) is 3.48. The number of aliphatic carboxylic acids is 1. The molecular formula is C26H28N2O5. The van der Waals surface area contributed by atoms with Gasteiger partial charge in [0.25, 0.3) is 0 Å². The molecule has 1 aliphatic rings. The van der Waals surface area contributed by atoms with Crippen LogP contribution in [0.5, 0.6) is 5.75 Å². The minimum atomic E-state index is -0.878. The molecule has 0 spiro atoms. The average molecular weight is 449 g/mol. The monoisotopic (exact) mass is 448 g/mol. The maximum Gasteiger partial charge on any atom is 0.303 e. The number of aromatic nitrogens is 1. The lowest BCUT2D eigenvalue weighted by atomic mass is 10.1. The molecule has 2 heterocycles. The van der Waals surface area contributed by atoms with Crippen LogP contribution in [0, 0.1) is 6.92 Å². The first-order chi connectivity index (χ1) is 16.0. The second kappa shape index (κ2) is 10.3. The quantitative estimate of drug-likeness (QED) is 0.519. The van der Waals surface area contributed by atoms with E-state index in [-0.39, 0.29) is 18.4 Å². The van der Waals surface area contributed by atoms with Gasteiger partial charge in [-0.3, -0.25) is 9.59 Å². The molecule has 3 aromatic rings. The Hall–Kier alpha value is -3.61. The highest BCUT2D eigenvalue weighted by molar-refractivity contribution is 5.79. The summed E-state index contributed by atoms with van der Waals surface area (Å²) in [5, 5.41) is 12.9. The zero-order valence-electron chi connectivity index (χ0n) is 18.7. The van der Waals surface area contributed by atoms with E-state index in [2.05, 4.69) is 36.3 Å². The van der Waals surface area contributed by atoms with Crippen LogP contribution in [0.3, 0.4) is 0 Å². The van der Waals surface area contributed by atoms with Crippen LogP contribution in [0.15, 0.2) is 59.1 Å². The summed E-state index contributed by atoms with van der Waals surface area (Å²) in [6.07, 6.45) is 2.31. The third-order valence-electron chi connectivity index (χ3n) is 5.88. The Bertz CT molecular complexity index is 1090. The highest BCUT2D eigenvalue weighted by Crippen LogP contribution is 2.32. The molecule has 0 bridgehead atoms. The summed E-state index contributed by atoms with van der Waals surface area (Å²) in [5.74, 6) is 0.466. The van der Waals surface area contributed by atoms with Crippen molar-refractivity contribution >= 4 is 11.9 Å². The molecule has 1 atom stereocenters. The molecule has 1 aromatic heterocycles. The number of carbonyl (C=O) groups excluding carboxylic acids is 1. The lowest BCUT2D eigenvalue weighted by Crippen LogP contribution is -2.32. The lowest BCUT2D eigenvalue weighted by molar-refractivity contribution is -0.137. The van der Waals surface area contributed by atoms with Gasteiger partial charge in [0.05, 0.1) is 18.9 Å². The molecule has 0 radical (unpaired) electrons. The molecule has 172 valence electrons. The van der Waals surface area contributed by atoms with Crippen molar-refractivity contribution in [2.75, 3.05) is 6.54 Å². The Morgan fingerprint density at radius 1 is 1.12 bits per heavy atom. The Kier molecular flexibility index (Phi) is 7.07. The van der Waals surface area contributed by atoms with Gasteiger partial charge in [0.15, 0.2) is 0 Å². The zero-order chi connectivity index (χ0) is 23.2. The molecule has 0 saturated carbocycles. The normalized spacial score (nSPS) is 15.5. The molecule has 7 nitrogen and oxygen atoms in total. The number of aryl methyl sites for hydroxylation is 2. The largest absolute Gasteiger partial charge is 0.489 e.